The molecule has 0 aromatic carbocycles. The highest BCUT2D eigenvalue weighted by atomic mass is 16.3. The van der Waals surface area contributed by atoms with Gasteiger partial charge < -0.3 is 15.7 Å². The highest BCUT2D eigenvalue weighted by Gasteiger charge is 2.43. The number of aliphatic hydroxyl groups is 1. The second-order valence-corrected chi connectivity index (χ2v) is 5.89. The molecule has 114 valence electrons. The third-order valence-corrected chi connectivity index (χ3v) is 3.43. The maximum absolute atomic E-state index is 11.9. The van der Waals surface area contributed by atoms with Crippen molar-refractivity contribution >= 4 is 17.8 Å². The van der Waals surface area contributed by atoms with Gasteiger partial charge in [0.15, 0.2) is 0 Å². The van der Waals surface area contributed by atoms with Gasteiger partial charge in [-0.05, 0) is 27.2 Å². The Morgan fingerprint density at radius 2 is 2.05 bits per heavy atom. The summed E-state index contributed by atoms with van der Waals surface area (Å²) in [4.78, 5) is 36.2. The first-order chi connectivity index (χ1) is 9.09. The summed E-state index contributed by atoms with van der Waals surface area (Å²) in [5.74, 6) is -0.639. The van der Waals surface area contributed by atoms with E-state index < -0.39 is 17.2 Å². The van der Waals surface area contributed by atoms with E-state index in [4.69, 9.17) is 0 Å². The topological polar surface area (TPSA) is 98.7 Å². The van der Waals surface area contributed by atoms with Gasteiger partial charge in [0, 0.05) is 19.5 Å². The van der Waals surface area contributed by atoms with Gasteiger partial charge in [-0.1, -0.05) is 6.92 Å². The van der Waals surface area contributed by atoms with Crippen LogP contribution in [0.1, 0.15) is 40.5 Å². The molecule has 4 amide bonds. The van der Waals surface area contributed by atoms with Crippen LogP contribution >= 0.6 is 0 Å². The number of urea groups is 1. The van der Waals surface area contributed by atoms with Crippen molar-refractivity contribution in [2.75, 3.05) is 13.1 Å². The first kappa shape index (κ1) is 16.4. The number of amides is 4. The van der Waals surface area contributed by atoms with E-state index in [0.717, 1.165) is 4.90 Å². The van der Waals surface area contributed by atoms with E-state index >= 15 is 0 Å². The molecule has 0 aliphatic carbocycles. The molecule has 0 aromatic heterocycles. The van der Waals surface area contributed by atoms with Crippen molar-refractivity contribution in [3.05, 3.63) is 0 Å². The normalized spacial score (nSPS) is 20.6. The predicted octanol–water partition coefficient (Wildman–Crippen LogP) is -0.0159. The zero-order chi connectivity index (χ0) is 15.6. The number of carbonyl (C=O) groups is 3. The molecule has 7 heteroatoms. The molecule has 0 aromatic rings. The molecule has 0 radical (unpaired) electrons. The van der Waals surface area contributed by atoms with E-state index in [1.54, 1.807) is 20.8 Å². The van der Waals surface area contributed by atoms with Crippen LogP contribution in [0.2, 0.25) is 0 Å². The molecule has 1 heterocycles. The Morgan fingerprint density at radius 3 is 2.50 bits per heavy atom. The average Bonchev–Trinajstić information content (AvgIpc) is 2.54. The minimum Gasteiger partial charge on any atom is -0.388 e. The molecular weight excluding hydrogens is 262 g/mol. The Balaban J connectivity index is 2.42. The Bertz CT molecular complexity index is 418. The number of nitrogens with zero attached hydrogens (tertiary/aromatic N) is 1. The van der Waals surface area contributed by atoms with Crippen LogP contribution < -0.4 is 10.6 Å². The van der Waals surface area contributed by atoms with Gasteiger partial charge in [0.2, 0.25) is 5.91 Å². The SMILES string of the molecule is CCC(C)(O)CNC(=O)CCN1C(=O)NC(C)(C)C1=O. The molecule has 3 N–H and O–H groups in total. The standard InChI is InChI=1S/C13H23N3O4/c1-5-13(4,20)8-14-9(17)6-7-16-10(18)12(2,3)15-11(16)19/h20H,5-8H2,1-4H3,(H,14,17)(H,15,19). The van der Waals surface area contributed by atoms with Crippen LogP contribution in [0.25, 0.3) is 0 Å². The fourth-order valence-corrected chi connectivity index (χ4v) is 1.74. The van der Waals surface area contributed by atoms with Crippen LogP contribution in [0, 0.1) is 0 Å². The lowest BCUT2D eigenvalue weighted by atomic mass is 10.0. The zero-order valence-electron chi connectivity index (χ0n) is 12.4. The van der Waals surface area contributed by atoms with Crippen molar-refractivity contribution < 1.29 is 19.5 Å². The lowest BCUT2D eigenvalue weighted by Crippen LogP contribution is -2.42. The van der Waals surface area contributed by atoms with Crippen molar-refractivity contribution in [3.8, 4) is 0 Å². The monoisotopic (exact) mass is 285 g/mol. The van der Waals surface area contributed by atoms with Gasteiger partial charge in [-0.15, -0.1) is 0 Å². The number of hydrogen-bond donors (Lipinski definition) is 3. The smallest absolute Gasteiger partial charge is 0.325 e. The van der Waals surface area contributed by atoms with Crippen molar-refractivity contribution in [1.82, 2.24) is 15.5 Å². The van der Waals surface area contributed by atoms with E-state index in [-0.39, 0.29) is 31.3 Å². The molecule has 0 spiro atoms. The third kappa shape index (κ3) is 3.93. The lowest BCUT2D eigenvalue weighted by Gasteiger charge is -2.22. The Hall–Kier alpha value is -1.63. The van der Waals surface area contributed by atoms with Crippen LogP contribution in [0.15, 0.2) is 0 Å². The van der Waals surface area contributed by atoms with Gasteiger partial charge in [0.25, 0.3) is 5.91 Å². The molecule has 1 aliphatic rings. The second-order valence-electron chi connectivity index (χ2n) is 5.89. The summed E-state index contributed by atoms with van der Waals surface area (Å²) in [6, 6.07) is -0.478. The summed E-state index contributed by atoms with van der Waals surface area (Å²) in [5.41, 5.74) is -1.86. The molecule has 7 nitrogen and oxygen atoms in total. The summed E-state index contributed by atoms with van der Waals surface area (Å²) in [5, 5.41) is 14.9. The Labute approximate surface area is 118 Å². The molecule has 1 aliphatic heterocycles. The van der Waals surface area contributed by atoms with Gasteiger partial charge >= 0.3 is 6.03 Å². The van der Waals surface area contributed by atoms with E-state index in [2.05, 4.69) is 10.6 Å². The number of imide groups is 1. The summed E-state index contributed by atoms with van der Waals surface area (Å²) in [6.45, 7) is 6.87. The van der Waals surface area contributed by atoms with E-state index in [0.29, 0.717) is 6.42 Å². The van der Waals surface area contributed by atoms with Gasteiger partial charge in [-0.2, -0.15) is 0 Å². The zero-order valence-corrected chi connectivity index (χ0v) is 12.4. The van der Waals surface area contributed by atoms with Gasteiger partial charge in [-0.3, -0.25) is 14.5 Å². The summed E-state index contributed by atoms with van der Waals surface area (Å²) in [6.07, 6.45) is 0.545. The van der Waals surface area contributed by atoms with Crippen LogP contribution in [0.4, 0.5) is 4.79 Å². The van der Waals surface area contributed by atoms with Gasteiger partial charge in [0.1, 0.15) is 5.54 Å². The van der Waals surface area contributed by atoms with E-state index in [1.165, 1.54) is 0 Å². The molecule has 1 rings (SSSR count). The molecule has 1 unspecified atom stereocenters. The molecule has 1 atom stereocenters. The van der Waals surface area contributed by atoms with Gasteiger partial charge in [0.05, 0.1) is 5.60 Å². The fourth-order valence-electron chi connectivity index (χ4n) is 1.74. The lowest BCUT2D eigenvalue weighted by molar-refractivity contribution is -0.130. The first-order valence-corrected chi connectivity index (χ1v) is 6.72. The van der Waals surface area contributed by atoms with Crippen LogP contribution in [-0.2, 0) is 9.59 Å². The predicted molar refractivity (Wildman–Crippen MR) is 72.9 cm³/mol. The third-order valence-electron chi connectivity index (χ3n) is 3.43. The largest absolute Gasteiger partial charge is 0.388 e. The highest BCUT2D eigenvalue weighted by molar-refractivity contribution is 6.06. The summed E-state index contributed by atoms with van der Waals surface area (Å²) >= 11 is 0. The van der Waals surface area contributed by atoms with Crippen molar-refractivity contribution in [3.63, 3.8) is 0 Å². The fraction of sp³-hybridized carbons (Fsp3) is 0.769. The minimum absolute atomic E-state index is 0.0229. The van der Waals surface area contributed by atoms with Crippen molar-refractivity contribution in [2.45, 2.75) is 51.7 Å². The molecule has 1 fully saturated rings. The molecule has 20 heavy (non-hydrogen) atoms. The average molecular weight is 285 g/mol. The Kier molecular flexibility index (Phi) is 4.75. The maximum Gasteiger partial charge on any atom is 0.325 e. The van der Waals surface area contributed by atoms with Crippen LogP contribution in [0.5, 0.6) is 0 Å². The van der Waals surface area contributed by atoms with E-state index in [1.807, 2.05) is 6.92 Å². The first-order valence-electron chi connectivity index (χ1n) is 6.72. The van der Waals surface area contributed by atoms with Crippen molar-refractivity contribution in [1.29, 1.82) is 0 Å². The molecule has 1 saturated heterocycles. The number of rotatable bonds is 6. The number of hydrogen-bond acceptors (Lipinski definition) is 4. The molecular formula is C13H23N3O4. The summed E-state index contributed by atoms with van der Waals surface area (Å²) < 4.78 is 0. The maximum atomic E-state index is 11.9. The van der Waals surface area contributed by atoms with Gasteiger partial charge in [-0.25, -0.2) is 4.79 Å². The second kappa shape index (κ2) is 5.78. The van der Waals surface area contributed by atoms with Crippen molar-refractivity contribution in [2.24, 2.45) is 0 Å². The van der Waals surface area contributed by atoms with E-state index in [9.17, 15) is 19.5 Å². The van der Waals surface area contributed by atoms with Crippen LogP contribution in [-0.4, -0.2) is 52.1 Å². The minimum atomic E-state index is -0.946. The quantitative estimate of drug-likeness (QED) is 0.597. The highest BCUT2D eigenvalue weighted by Crippen LogP contribution is 2.16. The Morgan fingerprint density at radius 1 is 1.45 bits per heavy atom. The number of carbonyl (C=O) groups excluding carboxylic acids is 3. The molecule has 0 bridgehead atoms. The summed E-state index contributed by atoms with van der Waals surface area (Å²) in [7, 11) is 0. The number of nitrogens with one attached hydrogen (secondary N) is 2. The van der Waals surface area contributed by atoms with Crippen LogP contribution in [0.3, 0.4) is 0 Å². The molecule has 0 saturated carbocycles.